The van der Waals surface area contributed by atoms with Crippen molar-refractivity contribution in [2.24, 2.45) is 5.92 Å². The third-order valence-electron chi connectivity index (χ3n) is 6.15. The summed E-state index contributed by atoms with van der Waals surface area (Å²) < 4.78 is 0. The zero-order valence-electron chi connectivity index (χ0n) is 21.4. The predicted molar refractivity (Wildman–Crippen MR) is 133 cm³/mol. The molecule has 0 saturated carbocycles. The van der Waals surface area contributed by atoms with Gasteiger partial charge in [-0.25, -0.2) is 4.79 Å². The number of carboxylic acid groups (broad SMARTS) is 2. The maximum atomic E-state index is 11.2. The fourth-order valence-electron chi connectivity index (χ4n) is 4.10. The summed E-state index contributed by atoms with van der Waals surface area (Å²) in [6, 6.07) is -0.858. The van der Waals surface area contributed by atoms with Crippen LogP contribution < -0.4 is 0 Å². The molecule has 34 heavy (non-hydrogen) atoms. The summed E-state index contributed by atoms with van der Waals surface area (Å²) in [5, 5.41) is 34.9. The van der Waals surface area contributed by atoms with Gasteiger partial charge < -0.3 is 25.3 Å². The number of nitrogens with zero attached hydrogens (tertiary/aromatic N) is 1. The predicted octanol–water partition coefficient (Wildman–Crippen LogP) is 4.60. The second-order valence-electron chi connectivity index (χ2n) is 9.84. The van der Waals surface area contributed by atoms with Gasteiger partial charge >= 0.3 is 11.9 Å². The van der Waals surface area contributed by atoms with Gasteiger partial charge in [-0.2, -0.15) is 0 Å². The number of likely N-dealkylation sites (tertiary alicyclic amines) is 1. The van der Waals surface area contributed by atoms with Gasteiger partial charge in [-0.1, -0.05) is 90.9 Å². The van der Waals surface area contributed by atoms with Gasteiger partial charge in [0.2, 0.25) is 5.91 Å². The third-order valence-corrected chi connectivity index (χ3v) is 6.15. The molecule has 1 rings (SSSR count). The molecule has 1 aliphatic rings. The van der Waals surface area contributed by atoms with Crippen molar-refractivity contribution in [2.75, 3.05) is 13.2 Å². The van der Waals surface area contributed by atoms with E-state index in [1.54, 1.807) is 0 Å². The SMILES string of the molecule is CC(C)CCCCCCCCCCCCCCC(=O)O.O=C(O)[C@@H]1CCC(=O)N1CC(O)CO. The zero-order valence-corrected chi connectivity index (χ0v) is 21.4. The Morgan fingerprint density at radius 3 is 1.76 bits per heavy atom. The fourth-order valence-corrected chi connectivity index (χ4v) is 4.10. The van der Waals surface area contributed by atoms with Crippen molar-refractivity contribution >= 4 is 17.8 Å². The molecule has 0 bridgehead atoms. The minimum atomic E-state index is -1.07. The van der Waals surface area contributed by atoms with E-state index < -0.39 is 30.7 Å². The van der Waals surface area contributed by atoms with E-state index in [4.69, 9.17) is 20.4 Å². The van der Waals surface area contributed by atoms with Crippen LogP contribution in [0.4, 0.5) is 0 Å². The van der Waals surface area contributed by atoms with E-state index in [0.29, 0.717) is 6.42 Å². The van der Waals surface area contributed by atoms with Gasteiger partial charge in [0.15, 0.2) is 0 Å². The lowest BCUT2D eigenvalue weighted by Gasteiger charge is -2.23. The highest BCUT2D eigenvalue weighted by Crippen LogP contribution is 2.19. The Balaban J connectivity index is 0.000000679. The summed E-state index contributed by atoms with van der Waals surface area (Å²) in [6.07, 6.45) is 16.7. The van der Waals surface area contributed by atoms with Crippen molar-refractivity contribution in [3.63, 3.8) is 0 Å². The van der Waals surface area contributed by atoms with Crippen LogP contribution in [0.3, 0.4) is 0 Å². The van der Waals surface area contributed by atoms with Crippen LogP contribution in [0.5, 0.6) is 0 Å². The smallest absolute Gasteiger partial charge is 0.326 e. The molecule has 1 amide bonds. The van der Waals surface area contributed by atoms with Gasteiger partial charge in [0.25, 0.3) is 0 Å². The van der Waals surface area contributed by atoms with Crippen molar-refractivity contribution in [3.8, 4) is 0 Å². The average molecular weight is 488 g/mol. The van der Waals surface area contributed by atoms with Crippen molar-refractivity contribution in [2.45, 2.75) is 129 Å². The Labute approximate surface area is 205 Å². The molecule has 2 atom stereocenters. The van der Waals surface area contributed by atoms with Crippen molar-refractivity contribution in [1.29, 1.82) is 0 Å². The van der Waals surface area contributed by atoms with E-state index in [1.807, 2.05) is 0 Å². The third kappa shape index (κ3) is 17.8. The number of aliphatic hydroxyl groups excluding tert-OH is 2. The summed E-state index contributed by atoms with van der Waals surface area (Å²) in [5.74, 6) is -1.14. The van der Waals surface area contributed by atoms with E-state index in [9.17, 15) is 14.4 Å². The number of rotatable bonds is 19. The molecule has 8 heteroatoms. The van der Waals surface area contributed by atoms with Gasteiger partial charge in [-0.3, -0.25) is 9.59 Å². The first-order valence-electron chi connectivity index (χ1n) is 13.2. The lowest BCUT2D eigenvalue weighted by molar-refractivity contribution is -0.147. The zero-order chi connectivity index (χ0) is 25.8. The number of β-amino-alcohol motifs (C(OH)–C–C–N with tert-alkyl or cyclic N) is 1. The molecule has 1 saturated heterocycles. The van der Waals surface area contributed by atoms with E-state index in [1.165, 1.54) is 70.6 Å². The Hall–Kier alpha value is -1.67. The molecule has 4 N–H and O–H groups in total. The van der Waals surface area contributed by atoms with Crippen LogP contribution in [0, 0.1) is 5.92 Å². The first-order valence-corrected chi connectivity index (χ1v) is 13.2. The van der Waals surface area contributed by atoms with Gasteiger partial charge in [0.1, 0.15) is 6.04 Å². The number of unbranched alkanes of at least 4 members (excludes halogenated alkanes) is 11. The molecular formula is C26H49NO7. The standard InChI is InChI=1S/C18H36O2.C8H13NO5/c1-17(2)15-13-11-9-7-5-3-4-6-8-10-12-14-16-18(19)20;10-4-5(11)3-9-6(8(13)14)1-2-7(9)12/h17H,3-16H2,1-2H3,(H,19,20);5-6,10-11H,1-4H2,(H,13,14)/t;5?,6-/m.0/s1. The molecule has 1 aliphatic heterocycles. The Kier molecular flexibility index (Phi) is 19.7. The molecule has 0 spiro atoms. The Morgan fingerprint density at radius 2 is 1.35 bits per heavy atom. The molecule has 8 nitrogen and oxygen atoms in total. The van der Waals surface area contributed by atoms with Gasteiger partial charge in [0.05, 0.1) is 12.7 Å². The van der Waals surface area contributed by atoms with E-state index in [-0.39, 0.29) is 25.3 Å². The maximum Gasteiger partial charge on any atom is 0.326 e. The first-order chi connectivity index (χ1) is 16.2. The minimum Gasteiger partial charge on any atom is -0.481 e. The molecule has 1 fully saturated rings. The van der Waals surface area contributed by atoms with Crippen LogP contribution in [0.2, 0.25) is 0 Å². The second-order valence-corrected chi connectivity index (χ2v) is 9.84. The van der Waals surface area contributed by atoms with Crippen molar-refractivity contribution in [3.05, 3.63) is 0 Å². The van der Waals surface area contributed by atoms with E-state index in [2.05, 4.69) is 13.8 Å². The lowest BCUT2D eigenvalue weighted by atomic mass is 10.0. The molecule has 1 heterocycles. The number of carbonyl (C=O) groups is 3. The number of amides is 1. The number of aliphatic hydroxyl groups is 2. The number of hydrogen-bond donors (Lipinski definition) is 4. The normalized spacial score (nSPS) is 16.4. The topological polar surface area (TPSA) is 135 Å². The van der Waals surface area contributed by atoms with Crippen LogP contribution >= 0.6 is 0 Å². The van der Waals surface area contributed by atoms with E-state index in [0.717, 1.165) is 23.7 Å². The van der Waals surface area contributed by atoms with Crippen LogP contribution in [0.25, 0.3) is 0 Å². The Morgan fingerprint density at radius 1 is 0.882 bits per heavy atom. The monoisotopic (exact) mass is 487 g/mol. The van der Waals surface area contributed by atoms with Crippen molar-refractivity contribution < 1.29 is 34.8 Å². The Bertz CT molecular complexity index is 553. The summed E-state index contributed by atoms with van der Waals surface area (Å²) in [5.41, 5.74) is 0. The van der Waals surface area contributed by atoms with Gasteiger partial charge in [-0.15, -0.1) is 0 Å². The number of aliphatic carboxylic acids is 2. The number of hydrogen-bond acceptors (Lipinski definition) is 5. The van der Waals surface area contributed by atoms with Crippen molar-refractivity contribution in [1.82, 2.24) is 4.90 Å². The fraction of sp³-hybridized carbons (Fsp3) is 0.885. The lowest BCUT2D eigenvalue weighted by Crippen LogP contribution is -2.43. The van der Waals surface area contributed by atoms with Crippen LogP contribution in [0.15, 0.2) is 0 Å². The molecule has 0 aromatic heterocycles. The van der Waals surface area contributed by atoms with E-state index >= 15 is 0 Å². The summed E-state index contributed by atoms with van der Waals surface area (Å²) in [6.45, 7) is 4.02. The largest absolute Gasteiger partial charge is 0.481 e. The maximum absolute atomic E-state index is 11.2. The summed E-state index contributed by atoms with van der Waals surface area (Å²) in [4.78, 5) is 33.3. The van der Waals surface area contributed by atoms with Crippen LogP contribution in [0.1, 0.15) is 117 Å². The summed E-state index contributed by atoms with van der Waals surface area (Å²) >= 11 is 0. The summed E-state index contributed by atoms with van der Waals surface area (Å²) in [7, 11) is 0. The van der Waals surface area contributed by atoms with Gasteiger partial charge in [0, 0.05) is 19.4 Å². The highest BCUT2D eigenvalue weighted by atomic mass is 16.4. The first kappa shape index (κ1) is 32.3. The second kappa shape index (κ2) is 20.7. The molecule has 200 valence electrons. The molecule has 1 unspecified atom stereocenters. The molecule has 0 radical (unpaired) electrons. The molecule has 0 aromatic rings. The highest BCUT2D eigenvalue weighted by Gasteiger charge is 2.36. The highest BCUT2D eigenvalue weighted by molar-refractivity contribution is 5.87. The quantitative estimate of drug-likeness (QED) is 0.195. The molecule has 0 aromatic carbocycles. The van der Waals surface area contributed by atoms with Crippen LogP contribution in [-0.4, -0.2) is 68.5 Å². The van der Waals surface area contributed by atoms with Crippen LogP contribution in [-0.2, 0) is 14.4 Å². The number of carboxylic acids is 2. The van der Waals surface area contributed by atoms with Gasteiger partial charge in [-0.05, 0) is 18.8 Å². The minimum absolute atomic E-state index is 0.119. The number of carbonyl (C=O) groups excluding carboxylic acids is 1. The average Bonchev–Trinajstić information content (AvgIpc) is 3.14. The molecular weight excluding hydrogens is 438 g/mol. The molecule has 0 aliphatic carbocycles.